The van der Waals surface area contributed by atoms with Crippen molar-refractivity contribution in [2.45, 2.75) is 39.3 Å². The molecule has 0 unspecified atom stereocenters. The van der Waals surface area contributed by atoms with E-state index in [4.69, 9.17) is 10.5 Å². The van der Waals surface area contributed by atoms with Crippen molar-refractivity contribution in [3.05, 3.63) is 52.5 Å². The molecule has 41 heavy (non-hydrogen) atoms. The number of rotatable bonds is 11. The lowest BCUT2D eigenvalue weighted by Gasteiger charge is -2.25. The van der Waals surface area contributed by atoms with Crippen molar-refractivity contribution in [1.29, 1.82) is 0 Å². The fourth-order valence-corrected chi connectivity index (χ4v) is 4.58. The molecule has 3 heterocycles. The Morgan fingerprint density at radius 1 is 1.12 bits per heavy atom. The molecule has 5 N–H and O–H groups in total. The van der Waals surface area contributed by atoms with Gasteiger partial charge in [0, 0.05) is 36.8 Å². The lowest BCUT2D eigenvalue weighted by Crippen LogP contribution is -2.38. The summed E-state index contributed by atoms with van der Waals surface area (Å²) in [6.45, 7) is 8.29. The van der Waals surface area contributed by atoms with Gasteiger partial charge in [-0.25, -0.2) is 23.7 Å². The smallest absolute Gasteiger partial charge is 0.309 e. The number of fused-ring (bicyclic) bond motifs is 1. The summed E-state index contributed by atoms with van der Waals surface area (Å²) in [5.41, 5.74) is 6.38. The first-order valence-electron chi connectivity index (χ1n) is 13.1. The van der Waals surface area contributed by atoms with E-state index in [1.165, 1.54) is 34.0 Å². The third-order valence-electron chi connectivity index (χ3n) is 6.57. The van der Waals surface area contributed by atoms with Gasteiger partial charge in [-0.1, -0.05) is 0 Å². The average Bonchev–Trinajstić information content (AvgIpc) is 3.29. The van der Waals surface area contributed by atoms with E-state index < -0.39 is 23.0 Å². The summed E-state index contributed by atoms with van der Waals surface area (Å²) >= 11 is 0. The van der Waals surface area contributed by atoms with Gasteiger partial charge in [-0.05, 0) is 39.8 Å². The van der Waals surface area contributed by atoms with E-state index in [0.29, 0.717) is 36.2 Å². The molecule has 3 aromatic heterocycles. The van der Waals surface area contributed by atoms with Crippen molar-refractivity contribution in [3.8, 4) is 22.8 Å². The van der Waals surface area contributed by atoms with Crippen molar-refractivity contribution < 1.29 is 24.4 Å². The summed E-state index contributed by atoms with van der Waals surface area (Å²) in [4.78, 5) is 23.9. The predicted octanol–water partition coefficient (Wildman–Crippen LogP) is 1.51. The molecule has 1 atom stereocenters. The molecule has 0 radical (unpaired) electrons. The van der Waals surface area contributed by atoms with Crippen LogP contribution in [0.25, 0.3) is 22.3 Å². The van der Waals surface area contributed by atoms with E-state index >= 15 is 0 Å². The fourth-order valence-electron chi connectivity index (χ4n) is 4.58. The Balaban J connectivity index is 1.82. The Bertz CT molecular complexity index is 1560. The molecular weight excluding hydrogens is 535 g/mol. The molecule has 220 valence electrons. The van der Waals surface area contributed by atoms with E-state index in [-0.39, 0.29) is 48.4 Å². The zero-order valence-electron chi connectivity index (χ0n) is 23.5. The van der Waals surface area contributed by atoms with Gasteiger partial charge in [0.25, 0.3) is 0 Å². The van der Waals surface area contributed by atoms with Gasteiger partial charge in [0.15, 0.2) is 11.4 Å². The van der Waals surface area contributed by atoms with Crippen LogP contribution in [0.3, 0.4) is 0 Å². The third-order valence-corrected chi connectivity index (χ3v) is 6.57. The van der Waals surface area contributed by atoms with Gasteiger partial charge in [0.1, 0.15) is 36.0 Å². The highest BCUT2D eigenvalue weighted by molar-refractivity contribution is 5.98. The van der Waals surface area contributed by atoms with Crippen LogP contribution >= 0.6 is 0 Å². The van der Waals surface area contributed by atoms with Crippen molar-refractivity contribution in [2.75, 3.05) is 45.2 Å². The first-order valence-corrected chi connectivity index (χ1v) is 13.1. The van der Waals surface area contributed by atoms with Crippen LogP contribution in [0.2, 0.25) is 0 Å². The van der Waals surface area contributed by atoms with Crippen LogP contribution in [0.4, 0.5) is 10.2 Å². The van der Waals surface area contributed by atoms with Gasteiger partial charge in [-0.3, -0.25) is 9.69 Å². The van der Waals surface area contributed by atoms with Gasteiger partial charge < -0.3 is 25.8 Å². The first-order chi connectivity index (χ1) is 19.5. The number of hydrogen-bond donors (Lipinski definition) is 4. The van der Waals surface area contributed by atoms with E-state index in [0.717, 1.165) is 6.07 Å². The topological polar surface area (TPSA) is 178 Å². The van der Waals surface area contributed by atoms with Crippen LogP contribution in [0, 0.1) is 5.82 Å². The maximum atomic E-state index is 14.2. The van der Waals surface area contributed by atoms with Crippen molar-refractivity contribution in [1.82, 2.24) is 34.4 Å². The lowest BCUT2D eigenvalue weighted by molar-refractivity contribution is 0.140. The minimum absolute atomic E-state index is 0.0611. The predicted molar refractivity (Wildman–Crippen MR) is 150 cm³/mol. The Labute approximate surface area is 235 Å². The average molecular weight is 571 g/mol. The molecule has 0 aliphatic heterocycles. The maximum Gasteiger partial charge on any atom is 0.309 e. The van der Waals surface area contributed by atoms with Crippen LogP contribution in [0.1, 0.15) is 39.3 Å². The number of phenols is 1. The molecule has 4 aromatic rings. The number of halogens is 1. The monoisotopic (exact) mass is 570 g/mol. The summed E-state index contributed by atoms with van der Waals surface area (Å²) in [5, 5.41) is 38.1. The van der Waals surface area contributed by atoms with Crippen LogP contribution < -0.4 is 16.0 Å². The zero-order valence-corrected chi connectivity index (χ0v) is 23.5. The highest BCUT2D eigenvalue weighted by atomic mass is 19.1. The minimum Gasteiger partial charge on any atom is -0.508 e. The SMILES string of the molecule is C[C@@H](c1cnn(C(C)(C)C)c(=O)c1OCCN(CCO)CCO)n1nc(-c2cc(O)cc(F)c2)c2c(N)ncnc21. The summed E-state index contributed by atoms with van der Waals surface area (Å²) in [5.74, 6) is -0.773. The highest BCUT2D eigenvalue weighted by Gasteiger charge is 2.28. The van der Waals surface area contributed by atoms with Gasteiger partial charge in [0.05, 0.1) is 36.4 Å². The second-order valence-electron chi connectivity index (χ2n) is 10.6. The van der Waals surface area contributed by atoms with Gasteiger partial charge in [-0.15, -0.1) is 0 Å². The van der Waals surface area contributed by atoms with Crippen molar-refractivity contribution in [2.24, 2.45) is 0 Å². The number of nitrogens with two attached hydrogens (primary N) is 1. The molecule has 0 spiro atoms. The largest absolute Gasteiger partial charge is 0.508 e. The van der Waals surface area contributed by atoms with Crippen LogP contribution in [0.15, 0.2) is 35.5 Å². The summed E-state index contributed by atoms with van der Waals surface area (Å²) in [6.07, 6.45) is 2.82. The standard InChI is InChI=1S/C27H35FN8O5/c1-16(35-25-21(24(29)30-15-31-25)22(33-35)17-11-18(28)13-19(39)12-17)20-14-32-36(27(2,3)4)26(40)23(20)41-10-7-34(5-8-37)6-9-38/h11-16,37-39H,5-10H2,1-4H3,(H2,29,30,31)/t16-/m0/s1. The van der Waals surface area contributed by atoms with E-state index in [1.54, 1.807) is 6.92 Å². The van der Waals surface area contributed by atoms with Crippen LogP contribution in [-0.4, -0.2) is 89.2 Å². The molecule has 4 rings (SSSR count). The molecular formula is C27H35FN8O5. The Morgan fingerprint density at radius 2 is 1.83 bits per heavy atom. The van der Waals surface area contributed by atoms with E-state index in [2.05, 4.69) is 20.2 Å². The Hall–Kier alpha value is -4.14. The molecule has 0 fully saturated rings. The van der Waals surface area contributed by atoms with Crippen molar-refractivity contribution in [3.63, 3.8) is 0 Å². The number of anilines is 1. The highest BCUT2D eigenvalue weighted by Crippen LogP contribution is 2.35. The number of nitrogens with zero attached hydrogens (tertiary/aromatic N) is 7. The molecule has 14 heteroatoms. The summed E-state index contributed by atoms with van der Waals surface area (Å²) in [7, 11) is 0. The number of aliphatic hydroxyl groups excluding tert-OH is 2. The van der Waals surface area contributed by atoms with Gasteiger partial charge in [-0.2, -0.15) is 10.2 Å². The molecule has 0 amide bonds. The zero-order chi connectivity index (χ0) is 29.9. The second kappa shape index (κ2) is 12.2. The molecule has 0 aliphatic carbocycles. The number of phenolic OH excluding ortho intramolecular Hbond substituents is 1. The molecule has 0 aliphatic rings. The van der Waals surface area contributed by atoms with Gasteiger partial charge in [0.2, 0.25) is 0 Å². The Kier molecular flexibility index (Phi) is 8.85. The Morgan fingerprint density at radius 3 is 2.46 bits per heavy atom. The number of aromatic hydroxyl groups is 1. The van der Waals surface area contributed by atoms with Crippen LogP contribution in [0.5, 0.6) is 11.5 Å². The first kappa shape index (κ1) is 29.8. The number of nitrogen functional groups attached to an aromatic ring is 1. The lowest BCUT2D eigenvalue weighted by atomic mass is 10.1. The number of hydrogen-bond acceptors (Lipinski definition) is 11. The number of aromatic nitrogens is 6. The normalized spacial score (nSPS) is 12.8. The number of benzene rings is 1. The van der Waals surface area contributed by atoms with Gasteiger partial charge >= 0.3 is 5.56 Å². The number of aliphatic hydroxyl groups is 2. The van der Waals surface area contributed by atoms with E-state index in [9.17, 15) is 24.5 Å². The van der Waals surface area contributed by atoms with Crippen molar-refractivity contribution >= 4 is 16.9 Å². The molecule has 1 aromatic carbocycles. The minimum atomic E-state index is -0.659. The summed E-state index contributed by atoms with van der Waals surface area (Å²) in [6, 6.07) is 2.90. The second-order valence-corrected chi connectivity index (χ2v) is 10.6. The van der Waals surface area contributed by atoms with Crippen LogP contribution in [-0.2, 0) is 5.54 Å². The molecule has 0 saturated carbocycles. The molecule has 0 saturated heterocycles. The summed E-state index contributed by atoms with van der Waals surface area (Å²) < 4.78 is 23.1. The molecule has 13 nitrogen and oxygen atoms in total. The fraction of sp³-hybridized carbons (Fsp3) is 0.444. The third kappa shape index (κ3) is 6.29. The molecule has 0 bridgehead atoms. The maximum absolute atomic E-state index is 14.2. The quantitative estimate of drug-likeness (QED) is 0.205. The number of ether oxygens (including phenoxy) is 1. The van der Waals surface area contributed by atoms with E-state index in [1.807, 2.05) is 25.7 Å².